The van der Waals surface area contributed by atoms with Crippen LogP contribution in [0.5, 0.6) is 0 Å². The van der Waals surface area contributed by atoms with Gasteiger partial charge in [-0.25, -0.2) is 9.78 Å². The first-order chi connectivity index (χ1) is 8.70. The second-order valence-corrected chi connectivity index (χ2v) is 3.45. The van der Waals surface area contributed by atoms with Crippen LogP contribution in [0.15, 0.2) is 17.1 Å². The van der Waals surface area contributed by atoms with E-state index in [0.717, 1.165) is 12.3 Å². The minimum Gasteiger partial charge on any atom is -0.480 e. The fraction of sp³-hybridized carbons (Fsp3) is 0.333. The molecule has 1 aromatic heterocycles. The Morgan fingerprint density at radius 3 is 2.58 bits per heavy atom. The lowest BCUT2D eigenvalue weighted by Gasteiger charge is -2.14. The van der Waals surface area contributed by atoms with Crippen molar-refractivity contribution in [1.82, 2.24) is 15.3 Å². The molecule has 104 valence electrons. The molecule has 7 nitrogen and oxygen atoms in total. The highest BCUT2D eigenvalue weighted by Crippen LogP contribution is 2.14. The summed E-state index contributed by atoms with van der Waals surface area (Å²) in [6.45, 7) is 0. The lowest BCUT2D eigenvalue weighted by Crippen LogP contribution is -2.48. The van der Waals surface area contributed by atoms with Gasteiger partial charge in [0.1, 0.15) is 11.9 Å². The van der Waals surface area contributed by atoms with E-state index in [0.29, 0.717) is 0 Å². The molecule has 0 aliphatic carbocycles. The van der Waals surface area contributed by atoms with Crippen LogP contribution in [-0.2, 0) is 16.0 Å². The molecule has 0 aliphatic rings. The zero-order valence-electron chi connectivity index (χ0n) is 9.19. The Hall–Kier alpha value is -2.39. The number of halogens is 3. The van der Waals surface area contributed by atoms with Gasteiger partial charge in [0, 0.05) is 18.7 Å². The molecule has 10 heteroatoms. The second-order valence-electron chi connectivity index (χ2n) is 3.45. The molecule has 3 N–H and O–H groups in total. The van der Waals surface area contributed by atoms with E-state index in [1.807, 2.05) is 0 Å². The van der Waals surface area contributed by atoms with Gasteiger partial charge in [-0.15, -0.1) is 0 Å². The van der Waals surface area contributed by atoms with Gasteiger partial charge in [0.15, 0.2) is 0 Å². The van der Waals surface area contributed by atoms with Crippen LogP contribution >= 0.6 is 0 Å². The summed E-state index contributed by atoms with van der Waals surface area (Å²) < 4.78 is 36.0. The van der Waals surface area contributed by atoms with Crippen LogP contribution in [0.4, 0.5) is 13.2 Å². The Kier molecular flexibility index (Phi) is 4.25. The fourth-order valence-corrected chi connectivity index (χ4v) is 1.15. The number of aromatic nitrogens is 2. The van der Waals surface area contributed by atoms with E-state index in [-0.39, 0.29) is 5.82 Å². The van der Waals surface area contributed by atoms with Crippen LogP contribution in [0, 0.1) is 0 Å². The molecule has 1 aromatic rings. The average Bonchev–Trinajstić information content (AvgIpc) is 2.26. The van der Waals surface area contributed by atoms with Crippen molar-refractivity contribution >= 4 is 11.9 Å². The summed E-state index contributed by atoms with van der Waals surface area (Å²) in [7, 11) is 0. The number of hydrogen-bond donors (Lipinski definition) is 3. The summed E-state index contributed by atoms with van der Waals surface area (Å²) in [5.74, 6) is -4.20. The molecule has 0 radical (unpaired) electrons. The van der Waals surface area contributed by atoms with Gasteiger partial charge in [0.2, 0.25) is 0 Å². The zero-order valence-corrected chi connectivity index (χ0v) is 9.19. The predicted molar refractivity (Wildman–Crippen MR) is 54.2 cm³/mol. The quantitative estimate of drug-likeness (QED) is 0.684. The third kappa shape index (κ3) is 4.41. The highest BCUT2D eigenvalue weighted by atomic mass is 19.4. The predicted octanol–water partition coefficient (Wildman–Crippen LogP) is -0.556. The van der Waals surface area contributed by atoms with Gasteiger partial charge >= 0.3 is 18.1 Å². The van der Waals surface area contributed by atoms with Gasteiger partial charge in [-0.2, -0.15) is 13.2 Å². The average molecular weight is 279 g/mol. The smallest absolute Gasteiger partial charge is 0.471 e. The van der Waals surface area contributed by atoms with Crippen LogP contribution in [0.1, 0.15) is 5.82 Å². The van der Waals surface area contributed by atoms with Crippen molar-refractivity contribution in [3.8, 4) is 0 Å². The van der Waals surface area contributed by atoms with Crippen LogP contribution in [-0.4, -0.2) is 39.2 Å². The number of carbonyl (C=O) groups excluding carboxylic acids is 1. The first kappa shape index (κ1) is 14.7. The van der Waals surface area contributed by atoms with E-state index >= 15 is 0 Å². The summed E-state index contributed by atoms with van der Waals surface area (Å²) in [5.41, 5.74) is -0.587. The Morgan fingerprint density at radius 1 is 1.47 bits per heavy atom. The van der Waals surface area contributed by atoms with Gasteiger partial charge < -0.3 is 15.4 Å². The highest BCUT2D eigenvalue weighted by Gasteiger charge is 2.40. The molecular weight excluding hydrogens is 271 g/mol. The number of aromatic amines is 1. The second kappa shape index (κ2) is 5.50. The minimum absolute atomic E-state index is 0.151. The molecule has 1 atom stereocenters. The number of carboxylic acids is 1. The molecule has 0 bridgehead atoms. The normalized spacial score (nSPS) is 12.8. The van der Waals surface area contributed by atoms with Crippen LogP contribution in [0.25, 0.3) is 0 Å². The molecule has 0 aliphatic heterocycles. The first-order valence-electron chi connectivity index (χ1n) is 4.85. The zero-order chi connectivity index (χ0) is 14.6. The van der Waals surface area contributed by atoms with Crippen molar-refractivity contribution in [2.24, 2.45) is 0 Å². The summed E-state index contributed by atoms with van der Waals surface area (Å²) in [4.78, 5) is 38.0. The number of H-pyrrole nitrogens is 1. The van der Waals surface area contributed by atoms with E-state index < -0.39 is 36.1 Å². The molecule has 1 heterocycles. The van der Waals surface area contributed by atoms with Crippen molar-refractivity contribution in [2.75, 3.05) is 0 Å². The third-order valence-corrected chi connectivity index (χ3v) is 1.98. The van der Waals surface area contributed by atoms with Gasteiger partial charge in [-0.1, -0.05) is 0 Å². The largest absolute Gasteiger partial charge is 0.480 e. The maximum Gasteiger partial charge on any atom is 0.471 e. The van der Waals surface area contributed by atoms with Crippen LogP contribution in [0.3, 0.4) is 0 Å². The molecule has 0 spiro atoms. The summed E-state index contributed by atoms with van der Waals surface area (Å²) in [6, 6.07) is -0.798. The lowest BCUT2D eigenvalue weighted by atomic mass is 10.2. The van der Waals surface area contributed by atoms with E-state index in [4.69, 9.17) is 5.11 Å². The summed E-state index contributed by atoms with van der Waals surface area (Å²) in [5, 5.41) is 10.0. The molecular formula is C9H8F3N3O4. The van der Waals surface area contributed by atoms with E-state index in [1.165, 1.54) is 5.32 Å². The van der Waals surface area contributed by atoms with Gasteiger partial charge in [0.05, 0.1) is 0 Å². The molecule has 0 saturated carbocycles. The van der Waals surface area contributed by atoms with Crippen molar-refractivity contribution in [3.05, 3.63) is 28.4 Å². The van der Waals surface area contributed by atoms with Crippen molar-refractivity contribution < 1.29 is 27.9 Å². The van der Waals surface area contributed by atoms with Crippen molar-refractivity contribution in [3.63, 3.8) is 0 Å². The Labute approximate surface area is 103 Å². The topological polar surface area (TPSA) is 112 Å². The summed E-state index contributed by atoms with van der Waals surface area (Å²) in [6.07, 6.45) is -4.70. The molecule has 0 aromatic carbocycles. The number of nitrogens with one attached hydrogen (secondary N) is 2. The molecule has 1 amide bonds. The van der Waals surface area contributed by atoms with Gasteiger partial charge in [-0.3, -0.25) is 9.59 Å². The fourth-order valence-electron chi connectivity index (χ4n) is 1.15. The van der Waals surface area contributed by atoms with E-state index in [1.54, 1.807) is 0 Å². The molecule has 1 rings (SSSR count). The van der Waals surface area contributed by atoms with E-state index in [2.05, 4.69) is 9.97 Å². The number of hydrogen-bond acceptors (Lipinski definition) is 4. The lowest BCUT2D eigenvalue weighted by molar-refractivity contribution is -0.175. The van der Waals surface area contributed by atoms with Gasteiger partial charge in [0.25, 0.3) is 5.56 Å². The number of carboxylic acid groups (broad SMARTS) is 1. The SMILES string of the molecule is O=C(O)C(Cc1nccc(=O)[nH]1)NC(=O)C(F)(F)F. The minimum atomic E-state index is -5.19. The molecule has 0 saturated heterocycles. The number of rotatable bonds is 4. The van der Waals surface area contributed by atoms with Gasteiger partial charge in [-0.05, 0) is 0 Å². The molecule has 19 heavy (non-hydrogen) atoms. The number of carbonyl (C=O) groups is 2. The van der Waals surface area contributed by atoms with Crippen molar-refractivity contribution in [2.45, 2.75) is 18.6 Å². The number of alkyl halides is 3. The maximum atomic E-state index is 12.0. The standard InChI is InChI=1S/C9H8F3N3O4/c10-9(11,12)8(19)14-4(7(17)18)3-5-13-2-1-6(16)15-5/h1-2,4H,3H2,(H,14,19)(H,17,18)(H,13,15,16). The number of nitrogens with zero attached hydrogens (tertiary/aromatic N) is 1. The van der Waals surface area contributed by atoms with E-state index in [9.17, 15) is 27.6 Å². The monoisotopic (exact) mass is 279 g/mol. The first-order valence-corrected chi connectivity index (χ1v) is 4.85. The molecule has 1 unspecified atom stereocenters. The highest BCUT2D eigenvalue weighted by molar-refractivity contribution is 5.87. The Bertz CT molecular complexity index is 540. The Balaban J connectivity index is 2.83. The third-order valence-electron chi connectivity index (χ3n) is 1.98. The number of aliphatic carboxylic acids is 1. The van der Waals surface area contributed by atoms with Crippen LogP contribution < -0.4 is 10.9 Å². The van der Waals surface area contributed by atoms with Crippen LogP contribution in [0.2, 0.25) is 0 Å². The summed E-state index contributed by atoms with van der Waals surface area (Å²) >= 11 is 0. The number of amides is 1. The van der Waals surface area contributed by atoms with Crippen molar-refractivity contribution in [1.29, 1.82) is 0 Å². The Morgan fingerprint density at radius 2 is 2.11 bits per heavy atom. The molecule has 0 fully saturated rings. The maximum absolute atomic E-state index is 12.0.